The Morgan fingerprint density at radius 2 is 2.27 bits per heavy atom. The molecule has 0 saturated heterocycles. The molecule has 82 valence electrons. The molecule has 2 amide bonds. The zero-order valence-corrected chi connectivity index (χ0v) is 9.05. The number of urea groups is 1. The molecule has 0 saturated carbocycles. The van der Waals surface area contributed by atoms with Crippen molar-refractivity contribution in [3.63, 3.8) is 0 Å². The van der Waals surface area contributed by atoms with E-state index in [4.69, 9.17) is 4.74 Å². The fourth-order valence-corrected chi connectivity index (χ4v) is 1.32. The number of carbonyl (C=O) groups excluding carboxylic acids is 2. The smallest absolute Gasteiger partial charge is 0.362 e. The van der Waals surface area contributed by atoms with Gasteiger partial charge in [0, 0.05) is 18.6 Å². The Bertz CT molecular complexity index is 365. The second-order valence-corrected chi connectivity index (χ2v) is 3.13. The number of nitrogens with one attached hydrogen (secondary N) is 2. The Hall–Kier alpha value is -1.70. The molecule has 0 radical (unpaired) electrons. The summed E-state index contributed by atoms with van der Waals surface area (Å²) >= 11 is 0.914. The Balaban J connectivity index is 2.77. The van der Waals surface area contributed by atoms with E-state index in [-0.39, 0.29) is 17.3 Å². The minimum atomic E-state index is -0.599. The summed E-state index contributed by atoms with van der Waals surface area (Å²) < 4.78 is 8.30. The Morgan fingerprint density at radius 1 is 1.53 bits per heavy atom. The highest BCUT2D eigenvalue weighted by molar-refractivity contribution is 7.10. The summed E-state index contributed by atoms with van der Waals surface area (Å²) in [4.78, 5) is 22.3. The molecule has 1 aromatic rings. The van der Waals surface area contributed by atoms with Crippen LogP contribution in [0.4, 0.5) is 9.80 Å². The first-order valence-corrected chi connectivity index (χ1v) is 4.94. The van der Waals surface area contributed by atoms with Gasteiger partial charge in [-0.2, -0.15) is 0 Å². The van der Waals surface area contributed by atoms with Crippen LogP contribution in [0.3, 0.4) is 0 Å². The second-order valence-electron chi connectivity index (χ2n) is 2.38. The van der Waals surface area contributed by atoms with Gasteiger partial charge in [0.1, 0.15) is 0 Å². The highest BCUT2D eigenvalue weighted by Crippen LogP contribution is 2.18. The molecule has 0 fully saturated rings. The van der Waals surface area contributed by atoms with E-state index in [9.17, 15) is 9.59 Å². The molecule has 0 aliphatic carbocycles. The largest absolute Gasteiger partial charge is 0.461 e. The van der Waals surface area contributed by atoms with E-state index in [1.807, 2.05) is 0 Å². The van der Waals surface area contributed by atoms with Gasteiger partial charge >= 0.3 is 12.0 Å². The zero-order chi connectivity index (χ0) is 11.3. The molecule has 1 rings (SSSR count). The van der Waals surface area contributed by atoms with Crippen molar-refractivity contribution in [2.75, 3.05) is 19.0 Å². The molecule has 0 bridgehead atoms. The lowest BCUT2D eigenvalue weighted by molar-refractivity contribution is 0.0520. The van der Waals surface area contributed by atoms with Crippen molar-refractivity contribution in [3.05, 3.63) is 5.69 Å². The molecule has 0 aliphatic heterocycles. The van der Waals surface area contributed by atoms with Crippen molar-refractivity contribution in [2.45, 2.75) is 6.92 Å². The van der Waals surface area contributed by atoms with Crippen LogP contribution in [0.1, 0.15) is 17.4 Å². The zero-order valence-electron chi connectivity index (χ0n) is 8.23. The molecule has 0 unspecified atom stereocenters. The Kier molecular flexibility index (Phi) is 3.98. The van der Waals surface area contributed by atoms with Crippen LogP contribution in [0, 0.1) is 0 Å². The predicted octanol–water partition coefficient (Wildman–Crippen LogP) is 0.466. The maximum Gasteiger partial charge on any atom is 0.362 e. The van der Waals surface area contributed by atoms with Crippen molar-refractivity contribution in [3.8, 4) is 0 Å². The normalized spacial score (nSPS) is 9.47. The summed E-state index contributed by atoms with van der Waals surface area (Å²) in [6.07, 6.45) is 0. The maximum atomic E-state index is 11.3. The van der Waals surface area contributed by atoms with Gasteiger partial charge in [-0.05, 0) is 6.92 Å². The number of ether oxygens (including phenoxy) is 1. The van der Waals surface area contributed by atoms with Gasteiger partial charge in [0.2, 0.25) is 5.69 Å². The number of aromatic nitrogens is 2. The number of amides is 2. The van der Waals surface area contributed by atoms with E-state index in [0.29, 0.717) is 0 Å². The van der Waals surface area contributed by atoms with Gasteiger partial charge < -0.3 is 10.1 Å². The van der Waals surface area contributed by atoms with Crippen LogP contribution in [0.2, 0.25) is 0 Å². The van der Waals surface area contributed by atoms with Crippen LogP contribution < -0.4 is 10.6 Å². The predicted molar refractivity (Wildman–Crippen MR) is 53.9 cm³/mol. The molecule has 7 nitrogen and oxygen atoms in total. The monoisotopic (exact) mass is 230 g/mol. The van der Waals surface area contributed by atoms with Crippen LogP contribution in [-0.2, 0) is 4.74 Å². The van der Waals surface area contributed by atoms with Crippen molar-refractivity contribution in [2.24, 2.45) is 0 Å². The van der Waals surface area contributed by atoms with Gasteiger partial charge in [-0.1, -0.05) is 4.49 Å². The highest BCUT2D eigenvalue weighted by Gasteiger charge is 2.18. The molecule has 1 heterocycles. The Morgan fingerprint density at radius 3 is 2.87 bits per heavy atom. The van der Waals surface area contributed by atoms with E-state index in [2.05, 4.69) is 20.2 Å². The van der Waals surface area contributed by atoms with Gasteiger partial charge in [-0.15, -0.1) is 5.10 Å². The van der Waals surface area contributed by atoms with E-state index < -0.39 is 12.0 Å². The molecular formula is C7H10N4O3S. The van der Waals surface area contributed by atoms with E-state index in [1.54, 1.807) is 6.92 Å². The lowest BCUT2D eigenvalue weighted by Gasteiger charge is -2.02. The molecule has 2 N–H and O–H groups in total. The summed E-state index contributed by atoms with van der Waals surface area (Å²) in [5, 5.41) is 8.62. The highest BCUT2D eigenvalue weighted by atomic mass is 32.1. The van der Waals surface area contributed by atoms with Crippen molar-refractivity contribution >= 4 is 28.5 Å². The third kappa shape index (κ3) is 2.88. The SMILES string of the molecule is CCOC(=O)c1nnsc1NC(=O)NC. The molecule has 0 atom stereocenters. The van der Waals surface area contributed by atoms with Crippen LogP contribution in [-0.4, -0.2) is 35.2 Å². The van der Waals surface area contributed by atoms with Gasteiger partial charge in [0.15, 0.2) is 5.00 Å². The third-order valence-electron chi connectivity index (χ3n) is 1.41. The summed E-state index contributed by atoms with van der Waals surface area (Å²) in [5.41, 5.74) is 0.0189. The van der Waals surface area contributed by atoms with Crippen LogP contribution in [0.5, 0.6) is 0 Å². The lowest BCUT2D eigenvalue weighted by Crippen LogP contribution is -2.25. The molecule has 0 spiro atoms. The summed E-state index contributed by atoms with van der Waals surface area (Å²) in [5.74, 6) is -0.599. The second kappa shape index (κ2) is 5.25. The molecule has 1 aromatic heterocycles. The van der Waals surface area contributed by atoms with Gasteiger partial charge in [0.05, 0.1) is 6.61 Å². The van der Waals surface area contributed by atoms with Crippen molar-refractivity contribution in [1.29, 1.82) is 0 Å². The fourth-order valence-electron chi connectivity index (χ4n) is 0.771. The summed E-state index contributed by atoms with van der Waals surface area (Å²) in [7, 11) is 1.47. The van der Waals surface area contributed by atoms with Crippen LogP contribution in [0.15, 0.2) is 0 Å². The first kappa shape index (κ1) is 11.4. The number of hydrogen-bond donors (Lipinski definition) is 2. The fraction of sp³-hybridized carbons (Fsp3) is 0.429. The average Bonchev–Trinajstić information content (AvgIpc) is 2.66. The van der Waals surface area contributed by atoms with E-state index >= 15 is 0 Å². The lowest BCUT2D eigenvalue weighted by atomic mass is 10.4. The number of nitrogens with zero attached hydrogens (tertiary/aromatic N) is 2. The topological polar surface area (TPSA) is 93.2 Å². The minimum absolute atomic E-state index is 0.0189. The number of rotatable bonds is 3. The van der Waals surface area contributed by atoms with Crippen LogP contribution >= 0.6 is 11.5 Å². The summed E-state index contributed by atoms with van der Waals surface area (Å²) in [6.45, 7) is 1.93. The van der Waals surface area contributed by atoms with Crippen molar-refractivity contribution < 1.29 is 14.3 Å². The van der Waals surface area contributed by atoms with Gasteiger partial charge in [-0.25, -0.2) is 9.59 Å². The number of anilines is 1. The van der Waals surface area contributed by atoms with E-state index in [1.165, 1.54) is 7.05 Å². The van der Waals surface area contributed by atoms with Crippen molar-refractivity contribution in [1.82, 2.24) is 14.9 Å². The minimum Gasteiger partial charge on any atom is -0.461 e. The molecule has 8 heteroatoms. The quantitative estimate of drug-likeness (QED) is 0.736. The number of esters is 1. The maximum absolute atomic E-state index is 11.3. The standard InChI is InChI=1S/C7H10N4O3S/c1-3-14-6(12)4-5(15-11-10-4)9-7(13)8-2/h3H2,1-2H3,(H2,8,9,13). The first-order chi connectivity index (χ1) is 7.19. The van der Waals surface area contributed by atoms with Gasteiger partial charge in [0.25, 0.3) is 0 Å². The molecule has 15 heavy (non-hydrogen) atoms. The van der Waals surface area contributed by atoms with Gasteiger partial charge in [-0.3, -0.25) is 5.32 Å². The summed E-state index contributed by atoms with van der Waals surface area (Å²) in [6, 6.07) is -0.438. The first-order valence-electron chi connectivity index (χ1n) is 4.17. The third-order valence-corrected chi connectivity index (χ3v) is 2.05. The number of hydrogen-bond acceptors (Lipinski definition) is 6. The average molecular weight is 230 g/mol. The molecule has 0 aromatic carbocycles. The van der Waals surface area contributed by atoms with E-state index in [0.717, 1.165) is 11.5 Å². The Labute approximate surface area is 90.0 Å². The van der Waals surface area contributed by atoms with Crippen LogP contribution in [0.25, 0.3) is 0 Å². The molecule has 0 aliphatic rings. The molecular weight excluding hydrogens is 220 g/mol. The number of carbonyl (C=O) groups is 2.